The number of likely N-dealkylation sites (tertiary alicyclic amines) is 1. The minimum Gasteiger partial charge on any atom is -0.348 e. The molecule has 2 N–H and O–H groups in total. The van der Waals surface area contributed by atoms with Gasteiger partial charge in [0.15, 0.2) is 0 Å². The number of piperidine rings is 1. The lowest BCUT2D eigenvalue weighted by Gasteiger charge is -2.33. The van der Waals surface area contributed by atoms with E-state index in [1.165, 1.54) is 5.56 Å². The molecule has 0 saturated carbocycles. The lowest BCUT2D eigenvalue weighted by atomic mass is 9.89. The first-order valence-electron chi connectivity index (χ1n) is 11.8. The zero-order valence-electron chi connectivity index (χ0n) is 19.4. The molecule has 6 heteroatoms. The van der Waals surface area contributed by atoms with Crippen LogP contribution in [0, 0.1) is 0 Å². The molecule has 176 valence electrons. The van der Waals surface area contributed by atoms with Crippen LogP contribution in [0.5, 0.6) is 0 Å². The number of nitrogens with zero attached hydrogens (tertiary/aromatic N) is 1. The number of carbonyl (C=O) groups excluding carboxylic acids is 2. The highest BCUT2D eigenvalue weighted by atomic mass is 35.5. The van der Waals surface area contributed by atoms with Crippen molar-refractivity contribution in [3.63, 3.8) is 0 Å². The summed E-state index contributed by atoms with van der Waals surface area (Å²) in [5.41, 5.74) is 4.71. The molecule has 0 spiro atoms. The molecule has 3 amide bonds. The number of anilines is 1. The van der Waals surface area contributed by atoms with Gasteiger partial charge in [0, 0.05) is 41.8 Å². The Balaban J connectivity index is 1.37. The van der Waals surface area contributed by atoms with Gasteiger partial charge >= 0.3 is 6.03 Å². The number of halogens is 1. The second-order valence-electron chi connectivity index (χ2n) is 8.70. The van der Waals surface area contributed by atoms with Gasteiger partial charge in [-0.2, -0.15) is 0 Å². The molecular formula is C28H30ClN3O2. The fourth-order valence-corrected chi connectivity index (χ4v) is 4.54. The van der Waals surface area contributed by atoms with E-state index in [0.717, 1.165) is 42.6 Å². The number of amides is 3. The molecule has 0 unspecified atom stereocenters. The smallest absolute Gasteiger partial charge is 0.321 e. The van der Waals surface area contributed by atoms with Gasteiger partial charge in [0.05, 0.1) is 0 Å². The van der Waals surface area contributed by atoms with Gasteiger partial charge in [-0.25, -0.2) is 4.79 Å². The first kappa shape index (κ1) is 23.8. The van der Waals surface area contributed by atoms with E-state index in [1.54, 1.807) is 0 Å². The third kappa shape index (κ3) is 6.17. The van der Waals surface area contributed by atoms with Crippen LogP contribution in [0.2, 0.25) is 5.02 Å². The van der Waals surface area contributed by atoms with E-state index >= 15 is 0 Å². The third-order valence-electron chi connectivity index (χ3n) is 6.28. The van der Waals surface area contributed by atoms with Crippen LogP contribution in [0.25, 0.3) is 0 Å². The minimum absolute atomic E-state index is 0.0793. The Hall–Kier alpha value is -3.31. The number of rotatable bonds is 6. The Labute approximate surface area is 206 Å². The second kappa shape index (κ2) is 11.2. The zero-order valence-corrected chi connectivity index (χ0v) is 20.1. The molecule has 1 aliphatic heterocycles. The maximum atomic E-state index is 12.9. The van der Waals surface area contributed by atoms with Crippen LogP contribution in [-0.2, 0) is 13.0 Å². The van der Waals surface area contributed by atoms with Crippen molar-refractivity contribution in [1.29, 1.82) is 0 Å². The first-order chi connectivity index (χ1) is 16.5. The standard InChI is InChI=1S/C28H30ClN3O2/c1-2-20-11-13-26(14-12-20)31-28(34)32-15-5-9-24(19-32)22-7-4-8-23(17-22)27(33)30-18-21-6-3-10-25(29)16-21/h3-4,6-8,10-14,16-17,24H,2,5,9,15,18-19H2,1H3,(H,30,33)(H,31,34)/t24-/m1/s1. The van der Waals surface area contributed by atoms with Crippen molar-refractivity contribution in [3.8, 4) is 0 Å². The third-order valence-corrected chi connectivity index (χ3v) is 6.52. The molecule has 1 fully saturated rings. The number of urea groups is 1. The molecule has 0 aromatic heterocycles. The number of benzene rings is 3. The van der Waals surface area contributed by atoms with Crippen molar-refractivity contribution in [1.82, 2.24) is 10.2 Å². The van der Waals surface area contributed by atoms with Gasteiger partial charge < -0.3 is 15.5 Å². The van der Waals surface area contributed by atoms with Gasteiger partial charge in [-0.1, -0.05) is 54.9 Å². The fraction of sp³-hybridized carbons (Fsp3) is 0.286. The monoisotopic (exact) mass is 475 g/mol. The van der Waals surface area contributed by atoms with Gasteiger partial charge in [0.2, 0.25) is 0 Å². The molecule has 1 atom stereocenters. The molecule has 0 radical (unpaired) electrons. The largest absolute Gasteiger partial charge is 0.348 e. The summed E-state index contributed by atoms with van der Waals surface area (Å²) in [4.78, 5) is 27.5. The summed E-state index contributed by atoms with van der Waals surface area (Å²) >= 11 is 6.03. The number of nitrogens with one attached hydrogen (secondary N) is 2. The molecule has 3 aromatic rings. The summed E-state index contributed by atoms with van der Waals surface area (Å²) in [5.74, 6) is 0.0745. The predicted molar refractivity (Wildman–Crippen MR) is 137 cm³/mol. The maximum absolute atomic E-state index is 12.9. The number of aryl methyl sites for hydroxylation is 1. The van der Waals surface area contributed by atoms with E-state index in [2.05, 4.69) is 17.6 Å². The van der Waals surface area contributed by atoms with Crippen molar-refractivity contribution in [2.24, 2.45) is 0 Å². The van der Waals surface area contributed by atoms with Crippen molar-refractivity contribution >= 4 is 29.2 Å². The zero-order chi connectivity index (χ0) is 23.9. The molecule has 0 bridgehead atoms. The van der Waals surface area contributed by atoms with Crippen molar-refractivity contribution in [3.05, 3.63) is 100 Å². The van der Waals surface area contributed by atoms with Crippen molar-refractivity contribution in [2.45, 2.75) is 38.6 Å². The topological polar surface area (TPSA) is 61.4 Å². The predicted octanol–water partition coefficient (Wildman–Crippen LogP) is 6.24. The van der Waals surface area contributed by atoms with Gasteiger partial charge in [0.25, 0.3) is 5.91 Å². The Morgan fingerprint density at radius 1 is 1.00 bits per heavy atom. The van der Waals surface area contributed by atoms with E-state index in [4.69, 9.17) is 11.6 Å². The van der Waals surface area contributed by atoms with Gasteiger partial charge in [-0.3, -0.25) is 4.79 Å². The summed E-state index contributed by atoms with van der Waals surface area (Å²) in [7, 11) is 0. The summed E-state index contributed by atoms with van der Waals surface area (Å²) in [6.07, 6.45) is 2.89. The van der Waals surface area contributed by atoms with E-state index < -0.39 is 0 Å². The van der Waals surface area contributed by atoms with Crippen LogP contribution < -0.4 is 10.6 Å². The summed E-state index contributed by atoms with van der Waals surface area (Å²) in [6.45, 7) is 3.89. The SMILES string of the molecule is CCc1ccc(NC(=O)N2CCC[C@@H](c3cccc(C(=O)NCc4cccc(Cl)c4)c3)C2)cc1. The average Bonchev–Trinajstić information content (AvgIpc) is 2.88. The normalized spacial score (nSPS) is 15.6. The Bertz CT molecular complexity index is 1150. The summed E-state index contributed by atoms with van der Waals surface area (Å²) in [5, 5.41) is 6.63. The minimum atomic E-state index is -0.122. The Morgan fingerprint density at radius 2 is 1.79 bits per heavy atom. The second-order valence-corrected chi connectivity index (χ2v) is 9.14. The molecule has 4 rings (SSSR count). The highest BCUT2D eigenvalue weighted by Gasteiger charge is 2.25. The van der Waals surface area contributed by atoms with Crippen LogP contribution in [0.15, 0.2) is 72.8 Å². The van der Waals surface area contributed by atoms with Gasteiger partial charge in [-0.15, -0.1) is 0 Å². The lowest BCUT2D eigenvalue weighted by molar-refractivity contribution is 0.0950. The molecule has 0 aliphatic carbocycles. The molecule has 1 saturated heterocycles. The summed E-state index contributed by atoms with van der Waals surface area (Å²) < 4.78 is 0. The maximum Gasteiger partial charge on any atom is 0.321 e. The van der Waals surface area contributed by atoms with E-state index in [-0.39, 0.29) is 17.9 Å². The fourth-order valence-electron chi connectivity index (χ4n) is 4.33. The highest BCUT2D eigenvalue weighted by molar-refractivity contribution is 6.30. The molecule has 34 heavy (non-hydrogen) atoms. The van der Waals surface area contributed by atoms with Crippen LogP contribution in [0.3, 0.4) is 0 Å². The summed E-state index contributed by atoms with van der Waals surface area (Å²) in [6, 6.07) is 23.1. The number of carbonyl (C=O) groups is 2. The van der Waals surface area contributed by atoms with Crippen LogP contribution in [0.1, 0.15) is 52.7 Å². The molecular weight excluding hydrogens is 446 g/mol. The van der Waals surface area contributed by atoms with Crippen LogP contribution in [-0.4, -0.2) is 29.9 Å². The Kier molecular flexibility index (Phi) is 7.86. The van der Waals surface area contributed by atoms with Gasteiger partial charge in [0.1, 0.15) is 0 Å². The van der Waals surface area contributed by atoms with E-state index in [0.29, 0.717) is 23.7 Å². The lowest BCUT2D eigenvalue weighted by Crippen LogP contribution is -2.41. The number of hydrogen-bond acceptors (Lipinski definition) is 2. The molecule has 5 nitrogen and oxygen atoms in total. The average molecular weight is 476 g/mol. The van der Waals surface area contributed by atoms with Gasteiger partial charge in [-0.05, 0) is 72.4 Å². The number of hydrogen-bond donors (Lipinski definition) is 2. The molecule has 1 aliphatic rings. The van der Waals surface area contributed by atoms with Crippen molar-refractivity contribution in [2.75, 3.05) is 18.4 Å². The van der Waals surface area contributed by atoms with E-state index in [9.17, 15) is 9.59 Å². The quantitative estimate of drug-likeness (QED) is 0.443. The van der Waals surface area contributed by atoms with Crippen LogP contribution >= 0.6 is 11.6 Å². The van der Waals surface area contributed by atoms with E-state index in [1.807, 2.05) is 77.7 Å². The van der Waals surface area contributed by atoms with Crippen LogP contribution in [0.4, 0.5) is 10.5 Å². The first-order valence-corrected chi connectivity index (χ1v) is 12.2. The Morgan fingerprint density at radius 3 is 2.56 bits per heavy atom. The van der Waals surface area contributed by atoms with Crippen molar-refractivity contribution < 1.29 is 9.59 Å². The highest BCUT2D eigenvalue weighted by Crippen LogP contribution is 2.28. The molecule has 1 heterocycles. The molecule has 3 aromatic carbocycles.